The number of benzene rings is 1. The molecule has 1 aliphatic carbocycles. The zero-order valence-corrected chi connectivity index (χ0v) is 13.0. The first-order valence-corrected chi connectivity index (χ1v) is 8.04. The van der Waals surface area contributed by atoms with Crippen molar-refractivity contribution in [3.63, 3.8) is 0 Å². The molecule has 0 spiro atoms. The van der Waals surface area contributed by atoms with E-state index in [0.717, 1.165) is 19.1 Å². The minimum Gasteiger partial charge on any atom is -0.382 e. The third kappa shape index (κ3) is 2.75. The zero-order valence-electron chi connectivity index (χ0n) is 11.5. The van der Waals surface area contributed by atoms with E-state index in [1.165, 1.54) is 41.5 Å². The summed E-state index contributed by atoms with van der Waals surface area (Å²) in [6.45, 7) is 2.18. The van der Waals surface area contributed by atoms with Crippen molar-refractivity contribution in [2.45, 2.75) is 37.8 Å². The Morgan fingerprint density at radius 1 is 1.26 bits per heavy atom. The van der Waals surface area contributed by atoms with E-state index >= 15 is 0 Å². The van der Waals surface area contributed by atoms with Crippen LogP contribution in [0.3, 0.4) is 0 Å². The molecule has 104 valence electrons. The maximum atomic E-state index is 3.60. The third-order valence-electron chi connectivity index (χ3n) is 4.48. The van der Waals surface area contributed by atoms with Gasteiger partial charge in [0, 0.05) is 29.6 Å². The smallest absolute Gasteiger partial charge is 0.0616 e. The van der Waals surface area contributed by atoms with E-state index in [9.17, 15) is 0 Å². The third-order valence-corrected chi connectivity index (χ3v) is 4.98. The van der Waals surface area contributed by atoms with Gasteiger partial charge in [0.05, 0.1) is 11.4 Å². The highest BCUT2D eigenvalue weighted by Gasteiger charge is 2.28. The summed E-state index contributed by atoms with van der Waals surface area (Å²) in [6, 6.07) is 7.99. The number of fused-ring (bicyclic) bond motifs is 1. The van der Waals surface area contributed by atoms with Crippen LogP contribution in [0, 0.1) is 0 Å². The summed E-state index contributed by atoms with van der Waals surface area (Å²) >= 11 is 3.60. The lowest BCUT2D eigenvalue weighted by Gasteiger charge is -2.41. The fourth-order valence-corrected chi connectivity index (χ4v) is 3.73. The standard InChI is InChI=1S/C15H22BrN3/c1-17-12-3-5-13(6-4-12)19-9-8-18-14-7-2-11(16)10-15(14)19/h2,7,10,12-13,17-18H,3-6,8-9H2,1H3. The van der Waals surface area contributed by atoms with Crippen molar-refractivity contribution in [3.8, 4) is 0 Å². The van der Waals surface area contributed by atoms with Gasteiger partial charge in [-0.05, 0) is 50.9 Å². The predicted octanol–water partition coefficient (Wildman–Crippen LogP) is 3.21. The van der Waals surface area contributed by atoms with Crippen LogP contribution in [0.25, 0.3) is 0 Å². The second kappa shape index (κ2) is 5.71. The molecule has 2 N–H and O–H groups in total. The fourth-order valence-electron chi connectivity index (χ4n) is 3.38. The number of nitrogens with zero attached hydrogens (tertiary/aromatic N) is 1. The van der Waals surface area contributed by atoms with Gasteiger partial charge in [0.1, 0.15) is 0 Å². The second-order valence-electron chi connectivity index (χ2n) is 5.58. The number of rotatable bonds is 2. The molecule has 0 aromatic heterocycles. The molecule has 1 fully saturated rings. The number of hydrogen-bond acceptors (Lipinski definition) is 3. The van der Waals surface area contributed by atoms with Crippen LogP contribution in [-0.4, -0.2) is 32.2 Å². The number of nitrogens with one attached hydrogen (secondary N) is 2. The molecule has 1 heterocycles. The molecule has 0 amide bonds. The molecule has 0 saturated heterocycles. The Balaban J connectivity index is 1.78. The molecule has 0 radical (unpaired) electrons. The van der Waals surface area contributed by atoms with E-state index in [4.69, 9.17) is 0 Å². The van der Waals surface area contributed by atoms with Crippen LogP contribution in [0.15, 0.2) is 22.7 Å². The van der Waals surface area contributed by atoms with E-state index in [1.807, 2.05) is 0 Å². The van der Waals surface area contributed by atoms with Crippen molar-refractivity contribution in [3.05, 3.63) is 22.7 Å². The van der Waals surface area contributed by atoms with Gasteiger partial charge in [-0.1, -0.05) is 15.9 Å². The van der Waals surface area contributed by atoms with Gasteiger partial charge in [-0.2, -0.15) is 0 Å². The lowest BCUT2D eigenvalue weighted by Crippen LogP contribution is -2.45. The monoisotopic (exact) mass is 323 g/mol. The molecule has 3 nitrogen and oxygen atoms in total. The summed E-state index contributed by atoms with van der Waals surface area (Å²) in [6.07, 6.45) is 5.21. The molecule has 1 saturated carbocycles. The minimum atomic E-state index is 0.708. The van der Waals surface area contributed by atoms with E-state index in [2.05, 4.69) is 56.7 Å². The number of anilines is 2. The topological polar surface area (TPSA) is 27.3 Å². The van der Waals surface area contributed by atoms with Crippen LogP contribution in [0.1, 0.15) is 25.7 Å². The molecule has 0 atom stereocenters. The van der Waals surface area contributed by atoms with Crippen molar-refractivity contribution < 1.29 is 0 Å². The van der Waals surface area contributed by atoms with Gasteiger partial charge in [-0.25, -0.2) is 0 Å². The van der Waals surface area contributed by atoms with Gasteiger partial charge in [0.15, 0.2) is 0 Å². The maximum absolute atomic E-state index is 3.60. The van der Waals surface area contributed by atoms with Crippen molar-refractivity contribution in [1.29, 1.82) is 0 Å². The molecule has 1 aliphatic heterocycles. The zero-order chi connectivity index (χ0) is 13.2. The second-order valence-corrected chi connectivity index (χ2v) is 6.49. The van der Waals surface area contributed by atoms with Gasteiger partial charge in [0.25, 0.3) is 0 Å². The summed E-state index contributed by atoms with van der Waals surface area (Å²) < 4.78 is 1.17. The molecule has 2 aliphatic rings. The lowest BCUT2D eigenvalue weighted by atomic mass is 9.89. The van der Waals surface area contributed by atoms with Crippen LogP contribution >= 0.6 is 15.9 Å². The van der Waals surface area contributed by atoms with E-state index in [0.29, 0.717) is 6.04 Å². The highest BCUT2D eigenvalue weighted by Crippen LogP contribution is 2.36. The van der Waals surface area contributed by atoms with Crippen LogP contribution in [0.2, 0.25) is 0 Å². The largest absolute Gasteiger partial charge is 0.382 e. The number of halogens is 1. The fraction of sp³-hybridized carbons (Fsp3) is 0.600. The highest BCUT2D eigenvalue weighted by atomic mass is 79.9. The molecule has 3 rings (SSSR count). The van der Waals surface area contributed by atoms with Gasteiger partial charge in [-0.3, -0.25) is 0 Å². The predicted molar refractivity (Wildman–Crippen MR) is 85.1 cm³/mol. The molecular formula is C15H22BrN3. The van der Waals surface area contributed by atoms with Gasteiger partial charge < -0.3 is 15.5 Å². The molecular weight excluding hydrogens is 302 g/mol. The Bertz CT molecular complexity index is 441. The van der Waals surface area contributed by atoms with Crippen LogP contribution in [-0.2, 0) is 0 Å². The van der Waals surface area contributed by atoms with E-state index < -0.39 is 0 Å². The first-order valence-electron chi connectivity index (χ1n) is 7.25. The SMILES string of the molecule is CNC1CCC(N2CCNc3ccc(Br)cc32)CC1. The lowest BCUT2D eigenvalue weighted by molar-refractivity contribution is 0.345. The Hall–Kier alpha value is -0.740. The first kappa shape index (κ1) is 13.3. The summed E-state index contributed by atoms with van der Waals surface area (Å²) in [7, 11) is 2.09. The molecule has 0 bridgehead atoms. The summed E-state index contributed by atoms with van der Waals surface area (Å²) in [5, 5.41) is 6.92. The molecule has 4 heteroatoms. The summed E-state index contributed by atoms with van der Waals surface area (Å²) in [5.74, 6) is 0. The highest BCUT2D eigenvalue weighted by molar-refractivity contribution is 9.10. The number of hydrogen-bond donors (Lipinski definition) is 2. The first-order chi connectivity index (χ1) is 9.28. The van der Waals surface area contributed by atoms with Gasteiger partial charge >= 0.3 is 0 Å². The average molecular weight is 324 g/mol. The molecule has 0 unspecified atom stereocenters. The summed E-state index contributed by atoms with van der Waals surface area (Å²) in [4.78, 5) is 2.61. The average Bonchev–Trinajstić information content (AvgIpc) is 2.47. The van der Waals surface area contributed by atoms with Crippen LogP contribution < -0.4 is 15.5 Å². The Labute approximate surface area is 123 Å². The van der Waals surface area contributed by atoms with Crippen LogP contribution in [0.4, 0.5) is 11.4 Å². The minimum absolute atomic E-state index is 0.708. The molecule has 1 aromatic carbocycles. The van der Waals surface area contributed by atoms with Crippen molar-refractivity contribution in [2.75, 3.05) is 30.4 Å². The van der Waals surface area contributed by atoms with Crippen LogP contribution in [0.5, 0.6) is 0 Å². The Morgan fingerprint density at radius 2 is 2.05 bits per heavy atom. The normalized spacial score (nSPS) is 26.7. The molecule has 1 aromatic rings. The van der Waals surface area contributed by atoms with Gasteiger partial charge in [-0.15, -0.1) is 0 Å². The summed E-state index contributed by atoms with van der Waals surface area (Å²) in [5.41, 5.74) is 2.65. The van der Waals surface area contributed by atoms with E-state index in [1.54, 1.807) is 0 Å². The van der Waals surface area contributed by atoms with Crippen molar-refractivity contribution >= 4 is 27.3 Å². The van der Waals surface area contributed by atoms with Gasteiger partial charge in [0.2, 0.25) is 0 Å². The Morgan fingerprint density at radius 3 is 2.79 bits per heavy atom. The Kier molecular flexibility index (Phi) is 3.99. The van der Waals surface area contributed by atoms with Crippen molar-refractivity contribution in [2.24, 2.45) is 0 Å². The molecule has 19 heavy (non-hydrogen) atoms. The van der Waals surface area contributed by atoms with Crippen molar-refractivity contribution in [1.82, 2.24) is 5.32 Å². The maximum Gasteiger partial charge on any atom is 0.0616 e. The van der Waals surface area contributed by atoms with E-state index in [-0.39, 0.29) is 0 Å². The quantitative estimate of drug-likeness (QED) is 0.875.